The third kappa shape index (κ3) is 4.58. The fourth-order valence-corrected chi connectivity index (χ4v) is 1.85. The summed E-state index contributed by atoms with van der Waals surface area (Å²) in [4.78, 5) is 23.9. The highest BCUT2D eigenvalue weighted by Crippen LogP contribution is 2.40. The summed E-state index contributed by atoms with van der Waals surface area (Å²) in [5.74, 6) is 0.974. The average Bonchev–Trinajstić information content (AvgIpc) is 2.58. The number of ether oxygens (including phenoxy) is 5. The van der Waals surface area contributed by atoms with Crippen LogP contribution in [0.25, 0.3) is 0 Å². The fourth-order valence-electron chi connectivity index (χ4n) is 1.85. The quantitative estimate of drug-likeness (QED) is 0.793. The van der Waals surface area contributed by atoms with Gasteiger partial charge in [-0.3, -0.25) is 0 Å². The van der Waals surface area contributed by atoms with Gasteiger partial charge in [0, 0.05) is 12.1 Å². The van der Waals surface area contributed by atoms with Gasteiger partial charge in [0.1, 0.15) is 0 Å². The van der Waals surface area contributed by atoms with Crippen molar-refractivity contribution in [2.45, 2.75) is 13.8 Å². The minimum Gasteiger partial charge on any atom is -0.493 e. The number of benzene rings is 1. The molecule has 1 aromatic carbocycles. The van der Waals surface area contributed by atoms with E-state index in [2.05, 4.69) is 5.43 Å². The third-order valence-electron chi connectivity index (χ3n) is 2.84. The van der Waals surface area contributed by atoms with E-state index in [0.717, 1.165) is 5.01 Å². The van der Waals surface area contributed by atoms with Crippen LogP contribution in [0.3, 0.4) is 0 Å². The van der Waals surface area contributed by atoms with Crippen LogP contribution in [0, 0.1) is 0 Å². The average molecular weight is 342 g/mol. The minimum atomic E-state index is -0.806. The predicted octanol–water partition coefficient (Wildman–Crippen LogP) is 2.34. The van der Waals surface area contributed by atoms with Crippen LogP contribution in [-0.2, 0) is 9.47 Å². The lowest BCUT2D eigenvalue weighted by molar-refractivity contribution is 0.138. The standard InChI is InChI=1S/C15H22N2O7/c1-6-23-14(18)16-17(15(19)24-7-2)10-8-11(20-3)13(22-5)12(9-10)21-4/h8-9H,6-7H2,1-5H3,(H,16,18). The molecule has 0 radical (unpaired) electrons. The SMILES string of the molecule is CCOC(=O)NN(C(=O)OCC)c1cc(OC)c(OC)c(OC)c1. The molecule has 1 rings (SSSR count). The van der Waals surface area contributed by atoms with Crippen molar-refractivity contribution in [1.82, 2.24) is 5.43 Å². The number of nitrogens with zero attached hydrogens (tertiary/aromatic N) is 1. The summed E-state index contributed by atoms with van der Waals surface area (Å²) >= 11 is 0. The zero-order valence-electron chi connectivity index (χ0n) is 14.4. The Morgan fingerprint density at radius 1 is 0.958 bits per heavy atom. The van der Waals surface area contributed by atoms with Gasteiger partial charge in [-0.1, -0.05) is 0 Å². The Morgan fingerprint density at radius 2 is 1.50 bits per heavy atom. The van der Waals surface area contributed by atoms with E-state index in [1.54, 1.807) is 13.8 Å². The van der Waals surface area contributed by atoms with Crippen LogP contribution >= 0.6 is 0 Å². The van der Waals surface area contributed by atoms with Crippen LogP contribution in [-0.4, -0.2) is 46.7 Å². The highest BCUT2D eigenvalue weighted by atomic mass is 16.6. The predicted molar refractivity (Wildman–Crippen MR) is 85.8 cm³/mol. The van der Waals surface area contributed by atoms with Crippen LogP contribution in [0.4, 0.5) is 15.3 Å². The molecule has 0 aliphatic rings. The van der Waals surface area contributed by atoms with Crippen molar-refractivity contribution in [2.75, 3.05) is 39.6 Å². The lowest BCUT2D eigenvalue weighted by atomic mass is 10.2. The first-order valence-electron chi connectivity index (χ1n) is 7.22. The normalized spacial score (nSPS) is 9.71. The zero-order chi connectivity index (χ0) is 18.1. The first-order chi connectivity index (χ1) is 11.5. The molecule has 9 heteroatoms. The number of hydrogen-bond donors (Lipinski definition) is 1. The number of nitrogens with one attached hydrogen (secondary N) is 1. The molecule has 134 valence electrons. The van der Waals surface area contributed by atoms with Crippen molar-refractivity contribution in [3.05, 3.63) is 12.1 Å². The number of carbonyl (C=O) groups is 2. The molecule has 0 aliphatic heterocycles. The van der Waals surface area contributed by atoms with Gasteiger partial charge in [-0.15, -0.1) is 0 Å². The number of anilines is 1. The molecule has 0 bridgehead atoms. The minimum absolute atomic E-state index is 0.129. The van der Waals surface area contributed by atoms with E-state index < -0.39 is 12.2 Å². The summed E-state index contributed by atoms with van der Waals surface area (Å²) in [7, 11) is 4.34. The van der Waals surface area contributed by atoms with Gasteiger partial charge in [-0.25, -0.2) is 15.0 Å². The molecule has 1 aromatic rings. The number of methoxy groups -OCH3 is 3. The largest absolute Gasteiger partial charge is 0.493 e. The molecular weight excluding hydrogens is 320 g/mol. The Kier molecular flexibility index (Phi) is 7.47. The summed E-state index contributed by atoms with van der Waals surface area (Å²) in [5.41, 5.74) is 2.55. The van der Waals surface area contributed by atoms with E-state index in [-0.39, 0.29) is 18.9 Å². The molecule has 0 atom stereocenters. The second kappa shape index (κ2) is 9.33. The van der Waals surface area contributed by atoms with Crippen molar-refractivity contribution in [3.63, 3.8) is 0 Å². The number of amides is 2. The number of carbonyl (C=O) groups excluding carboxylic acids is 2. The Hall–Kier alpha value is -2.84. The molecule has 0 saturated carbocycles. The van der Waals surface area contributed by atoms with Crippen LogP contribution in [0.5, 0.6) is 17.2 Å². The molecule has 9 nitrogen and oxygen atoms in total. The van der Waals surface area contributed by atoms with Gasteiger partial charge >= 0.3 is 12.2 Å². The van der Waals surface area contributed by atoms with E-state index in [1.807, 2.05) is 0 Å². The maximum Gasteiger partial charge on any atom is 0.433 e. The Bertz CT molecular complexity index is 552. The zero-order valence-corrected chi connectivity index (χ0v) is 14.4. The third-order valence-corrected chi connectivity index (χ3v) is 2.84. The van der Waals surface area contributed by atoms with Gasteiger partial charge in [-0.05, 0) is 13.8 Å². The van der Waals surface area contributed by atoms with E-state index in [0.29, 0.717) is 17.2 Å². The number of hydrazine groups is 1. The highest BCUT2D eigenvalue weighted by molar-refractivity contribution is 5.91. The second-order valence-corrected chi connectivity index (χ2v) is 4.25. The molecule has 24 heavy (non-hydrogen) atoms. The molecule has 2 amide bonds. The van der Waals surface area contributed by atoms with E-state index >= 15 is 0 Å². The first kappa shape index (κ1) is 19.2. The van der Waals surface area contributed by atoms with Gasteiger partial charge in [0.05, 0.1) is 40.2 Å². The smallest absolute Gasteiger partial charge is 0.433 e. The molecule has 0 unspecified atom stereocenters. The summed E-state index contributed by atoms with van der Waals surface area (Å²) in [5, 5.41) is 0.895. The molecule has 0 aliphatic carbocycles. The van der Waals surface area contributed by atoms with Crippen LogP contribution in [0.15, 0.2) is 12.1 Å². The number of rotatable bonds is 6. The monoisotopic (exact) mass is 342 g/mol. The lowest BCUT2D eigenvalue weighted by Crippen LogP contribution is -2.47. The van der Waals surface area contributed by atoms with E-state index in [4.69, 9.17) is 23.7 Å². The van der Waals surface area contributed by atoms with Gasteiger partial charge in [0.2, 0.25) is 5.75 Å². The Balaban J connectivity index is 3.30. The van der Waals surface area contributed by atoms with Gasteiger partial charge in [0.15, 0.2) is 11.5 Å². The van der Waals surface area contributed by atoms with Crippen LogP contribution < -0.4 is 24.6 Å². The van der Waals surface area contributed by atoms with Crippen molar-refractivity contribution < 1.29 is 33.3 Å². The van der Waals surface area contributed by atoms with Crippen LogP contribution in [0.2, 0.25) is 0 Å². The van der Waals surface area contributed by atoms with E-state index in [9.17, 15) is 9.59 Å². The fraction of sp³-hybridized carbons (Fsp3) is 0.467. The van der Waals surface area contributed by atoms with Crippen LogP contribution in [0.1, 0.15) is 13.8 Å². The number of hydrogen-bond acceptors (Lipinski definition) is 7. The summed E-state index contributed by atoms with van der Waals surface area (Å²) < 4.78 is 25.4. The first-order valence-corrected chi connectivity index (χ1v) is 7.22. The van der Waals surface area contributed by atoms with Crippen molar-refractivity contribution in [1.29, 1.82) is 0 Å². The van der Waals surface area contributed by atoms with Crippen molar-refractivity contribution >= 4 is 17.9 Å². The summed E-state index contributed by atoms with van der Waals surface area (Å²) in [6, 6.07) is 2.98. The van der Waals surface area contributed by atoms with E-state index in [1.165, 1.54) is 33.5 Å². The maximum absolute atomic E-state index is 12.2. The highest BCUT2D eigenvalue weighted by Gasteiger charge is 2.24. The molecule has 0 heterocycles. The molecule has 0 saturated heterocycles. The van der Waals surface area contributed by atoms with Crippen molar-refractivity contribution in [2.24, 2.45) is 0 Å². The van der Waals surface area contributed by atoms with Gasteiger partial charge in [-0.2, -0.15) is 5.01 Å². The lowest BCUT2D eigenvalue weighted by Gasteiger charge is -2.23. The molecule has 0 fully saturated rings. The van der Waals surface area contributed by atoms with Gasteiger partial charge < -0.3 is 23.7 Å². The molecule has 0 aromatic heterocycles. The summed E-state index contributed by atoms with van der Waals surface area (Å²) in [6.07, 6.45) is -1.60. The van der Waals surface area contributed by atoms with Crippen molar-refractivity contribution in [3.8, 4) is 17.2 Å². The van der Waals surface area contributed by atoms with Gasteiger partial charge in [0.25, 0.3) is 0 Å². The summed E-state index contributed by atoms with van der Waals surface area (Å²) in [6.45, 7) is 3.57. The molecule has 1 N–H and O–H groups in total. The maximum atomic E-state index is 12.2. The topological polar surface area (TPSA) is 95.6 Å². The second-order valence-electron chi connectivity index (χ2n) is 4.25. The Morgan fingerprint density at radius 3 is 1.92 bits per heavy atom. The Labute approximate surface area is 140 Å². The molecule has 0 spiro atoms. The molecular formula is C15H22N2O7.